The Morgan fingerprint density at radius 2 is 1.84 bits per heavy atom. The molecular formula is C22H27IN2. The largest absolute Gasteiger partial charge is 0.354 e. The summed E-state index contributed by atoms with van der Waals surface area (Å²) in [7, 11) is 0. The Morgan fingerprint density at radius 1 is 1.04 bits per heavy atom. The molecule has 0 aliphatic rings. The smallest absolute Gasteiger partial charge is 0.0497 e. The quantitative estimate of drug-likeness (QED) is 0.365. The minimum atomic E-state index is 0.155. The van der Waals surface area contributed by atoms with Gasteiger partial charge in [-0.05, 0) is 94.8 Å². The number of halogens is 1. The van der Waals surface area contributed by atoms with E-state index in [1.54, 1.807) is 0 Å². The number of aryl methyl sites for hydroxylation is 1. The van der Waals surface area contributed by atoms with Gasteiger partial charge in [0.25, 0.3) is 0 Å². The summed E-state index contributed by atoms with van der Waals surface area (Å²) < 4.78 is 1.26. The molecule has 0 amide bonds. The summed E-state index contributed by atoms with van der Waals surface area (Å²) in [6.45, 7) is 7.58. The fraction of sp³-hybridized carbons (Fsp3) is 0.364. The number of benzene rings is 2. The van der Waals surface area contributed by atoms with Gasteiger partial charge in [-0.25, -0.2) is 0 Å². The van der Waals surface area contributed by atoms with Crippen LogP contribution in [0, 0.1) is 3.57 Å². The van der Waals surface area contributed by atoms with Crippen molar-refractivity contribution in [3.63, 3.8) is 0 Å². The molecule has 0 unspecified atom stereocenters. The van der Waals surface area contributed by atoms with Crippen molar-refractivity contribution in [3.8, 4) is 11.3 Å². The summed E-state index contributed by atoms with van der Waals surface area (Å²) in [4.78, 5) is 3.68. The molecule has 3 rings (SSSR count). The number of H-pyrrole nitrogens is 1. The molecule has 1 heterocycles. The van der Waals surface area contributed by atoms with Crippen LogP contribution in [0.2, 0.25) is 0 Å². The highest BCUT2D eigenvalue weighted by Gasteiger charge is 2.18. The lowest BCUT2D eigenvalue weighted by Crippen LogP contribution is -2.10. The first-order valence-electron chi connectivity index (χ1n) is 9.01. The van der Waals surface area contributed by atoms with Crippen molar-refractivity contribution < 1.29 is 0 Å². The van der Waals surface area contributed by atoms with Gasteiger partial charge < -0.3 is 10.7 Å². The summed E-state index contributed by atoms with van der Waals surface area (Å²) in [5.41, 5.74) is 12.4. The molecule has 0 spiro atoms. The van der Waals surface area contributed by atoms with E-state index in [1.165, 1.54) is 36.9 Å². The summed E-state index contributed by atoms with van der Waals surface area (Å²) in [5.74, 6) is 0. The molecular weight excluding hydrogens is 419 g/mol. The molecule has 1 aromatic heterocycles. The summed E-state index contributed by atoms with van der Waals surface area (Å²) in [5, 5.41) is 1.36. The van der Waals surface area contributed by atoms with E-state index in [2.05, 4.69) is 90.8 Å². The van der Waals surface area contributed by atoms with Gasteiger partial charge in [0.05, 0.1) is 0 Å². The Bertz CT molecular complexity index is 871. The summed E-state index contributed by atoms with van der Waals surface area (Å²) in [6, 6.07) is 15.6. The molecule has 0 bridgehead atoms. The lowest BCUT2D eigenvalue weighted by Gasteiger charge is -2.19. The van der Waals surface area contributed by atoms with Crippen LogP contribution < -0.4 is 5.73 Å². The van der Waals surface area contributed by atoms with Gasteiger partial charge >= 0.3 is 0 Å². The normalized spacial score (nSPS) is 12.0. The minimum Gasteiger partial charge on any atom is -0.354 e. The van der Waals surface area contributed by atoms with E-state index >= 15 is 0 Å². The average Bonchev–Trinajstić information content (AvgIpc) is 2.92. The number of nitrogens with two attached hydrogens (primary N) is 1. The number of hydrogen-bond donors (Lipinski definition) is 2. The Labute approximate surface area is 164 Å². The molecule has 0 saturated heterocycles. The second kappa shape index (κ2) is 7.50. The van der Waals surface area contributed by atoms with E-state index in [4.69, 9.17) is 5.73 Å². The van der Waals surface area contributed by atoms with Crippen molar-refractivity contribution in [2.75, 3.05) is 6.54 Å². The van der Waals surface area contributed by atoms with Gasteiger partial charge in [0.2, 0.25) is 0 Å². The number of aromatic nitrogens is 1. The van der Waals surface area contributed by atoms with Crippen molar-refractivity contribution in [3.05, 3.63) is 57.2 Å². The third-order valence-electron chi connectivity index (χ3n) is 4.77. The Kier molecular flexibility index (Phi) is 5.54. The highest BCUT2D eigenvalue weighted by Crippen LogP contribution is 2.35. The molecule has 0 radical (unpaired) electrons. The third-order valence-corrected chi connectivity index (χ3v) is 5.44. The molecule has 2 nitrogen and oxygen atoms in total. The molecule has 3 N–H and O–H groups in total. The van der Waals surface area contributed by atoms with Gasteiger partial charge in [-0.15, -0.1) is 0 Å². The van der Waals surface area contributed by atoms with E-state index < -0.39 is 0 Å². The van der Waals surface area contributed by atoms with Crippen LogP contribution in [0.1, 0.15) is 44.7 Å². The number of rotatable bonds is 5. The molecule has 0 aliphatic carbocycles. The summed E-state index contributed by atoms with van der Waals surface area (Å²) in [6.07, 6.45) is 3.25. The Balaban J connectivity index is 2.16. The van der Waals surface area contributed by atoms with Gasteiger partial charge in [0, 0.05) is 20.2 Å². The second-order valence-electron chi connectivity index (χ2n) is 7.75. The molecule has 2 aromatic carbocycles. The van der Waals surface area contributed by atoms with Crippen molar-refractivity contribution in [2.24, 2.45) is 5.73 Å². The third kappa shape index (κ3) is 4.09. The SMILES string of the molecule is CC(C)(C)c1ccc2[nH]c(-c3cccc(I)c3)c(CCCCN)c2c1. The molecule has 3 aromatic rings. The molecule has 25 heavy (non-hydrogen) atoms. The van der Waals surface area contributed by atoms with Crippen LogP contribution in [0.5, 0.6) is 0 Å². The Morgan fingerprint density at radius 3 is 2.52 bits per heavy atom. The fourth-order valence-electron chi connectivity index (χ4n) is 3.31. The van der Waals surface area contributed by atoms with Gasteiger partial charge in [0.15, 0.2) is 0 Å². The maximum Gasteiger partial charge on any atom is 0.0497 e. The van der Waals surface area contributed by atoms with E-state index in [1.807, 2.05) is 0 Å². The first-order chi connectivity index (χ1) is 11.9. The predicted molar refractivity (Wildman–Crippen MR) is 117 cm³/mol. The van der Waals surface area contributed by atoms with Crippen LogP contribution >= 0.6 is 22.6 Å². The van der Waals surface area contributed by atoms with E-state index in [0.717, 1.165) is 25.8 Å². The molecule has 0 saturated carbocycles. The van der Waals surface area contributed by atoms with Gasteiger partial charge in [-0.1, -0.05) is 39.0 Å². The number of hydrogen-bond acceptors (Lipinski definition) is 1. The maximum atomic E-state index is 5.72. The highest BCUT2D eigenvalue weighted by atomic mass is 127. The lowest BCUT2D eigenvalue weighted by molar-refractivity contribution is 0.591. The van der Waals surface area contributed by atoms with Crippen LogP contribution in [-0.2, 0) is 11.8 Å². The lowest BCUT2D eigenvalue weighted by atomic mass is 9.86. The minimum absolute atomic E-state index is 0.155. The van der Waals surface area contributed by atoms with Crippen LogP contribution in [0.25, 0.3) is 22.2 Å². The van der Waals surface area contributed by atoms with Crippen LogP contribution in [0.3, 0.4) is 0 Å². The standard InChI is InChI=1S/C22H27IN2/c1-22(2,3)16-10-11-20-19(14-16)18(9-4-5-12-24)21(25-20)15-7-6-8-17(23)13-15/h6-8,10-11,13-14,25H,4-5,9,12,24H2,1-3H3. The van der Waals surface area contributed by atoms with E-state index in [0.29, 0.717) is 0 Å². The highest BCUT2D eigenvalue weighted by molar-refractivity contribution is 14.1. The van der Waals surface area contributed by atoms with Gasteiger partial charge in [-0.3, -0.25) is 0 Å². The topological polar surface area (TPSA) is 41.8 Å². The summed E-state index contributed by atoms with van der Waals surface area (Å²) >= 11 is 2.38. The van der Waals surface area contributed by atoms with Crippen molar-refractivity contribution in [1.82, 2.24) is 4.98 Å². The van der Waals surface area contributed by atoms with Crippen LogP contribution in [0.15, 0.2) is 42.5 Å². The molecule has 132 valence electrons. The number of aromatic amines is 1. The van der Waals surface area contributed by atoms with Crippen molar-refractivity contribution in [2.45, 2.75) is 45.4 Å². The Hall–Kier alpha value is -1.33. The zero-order valence-corrected chi connectivity index (χ0v) is 17.5. The van der Waals surface area contributed by atoms with Crippen LogP contribution in [0.4, 0.5) is 0 Å². The van der Waals surface area contributed by atoms with Gasteiger partial charge in [0.1, 0.15) is 0 Å². The molecule has 0 atom stereocenters. The molecule has 0 aliphatic heterocycles. The molecule has 0 fully saturated rings. The first kappa shape index (κ1) is 18.5. The first-order valence-corrected chi connectivity index (χ1v) is 10.1. The number of unbranched alkanes of at least 4 members (excludes halogenated alkanes) is 1. The number of nitrogens with one attached hydrogen (secondary N) is 1. The van der Waals surface area contributed by atoms with Crippen LogP contribution in [-0.4, -0.2) is 11.5 Å². The number of fused-ring (bicyclic) bond motifs is 1. The van der Waals surface area contributed by atoms with E-state index in [-0.39, 0.29) is 5.41 Å². The second-order valence-corrected chi connectivity index (χ2v) is 8.99. The zero-order valence-electron chi connectivity index (χ0n) is 15.3. The van der Waals surface area contributed by atoms with E-state index in [9.17, 15) is 0 Å². The fourth-order valence-corrected chi connectivity index (χ4v) is 3.85. The molecule has 3 heteroatoms. The monoisotopic (exact) mass is 446 g/mol. The maximum absolute atomic E-state index is 5.72. The van der Waals surface area contributed by atoms with Crippen molar-refractivity contribution >= 4 is 33.5 Å². The van der Waals surface area contributed by atoms with Crippen molar-refractivity contribution in [1.29, 1.82) is 0 Å². The predicted octanol–water partition coefficient (Wildman–Crippen LogP) is 6.02. The average molecular weight is 446 g/mol. The van der Waals surface area contributed by atoms with Gasteiger partial charge in [-0.2, -0.15) is 0 Å². The zero-order chi connectivity index (χ0) is 18.0.